The van der Waals surface area contributed by atoms with Crippen molar-refractivity contribution < 1.29 is 9.84 Å². The quantitative estimate of drug-likeness (QED) is 0.736. The van der Waals surface area contributed by atoms with Crippen molar-refractivity contribution >= 4 is 5.69 Å². The Kier molecular flexibility index (Phi) is 5.98. The third kappa shape index (κ3) is 4.90. The SMILES string of the molecule is C=CCc1ccccc1OCC(O)CNc1ccnc(C)c1. The number of benzene rings is 1. The first-order valence-electron chi connectivity index (χ1n) is 7.35. The van der Waals surface area contributed by atoms with Gasteiger partial charge < -0.3 is 15.2 Å². The standard InChI is InChI=1S/C18H22N2O2/c1-3-6-15-7-4-5-8-18(15)22-13-17(21)12-20-16-9-10-19-14(2)11-16/h3-5,7-11,17,21H,1,6,12-13H2,2H3,(H,19,20). The zero-order valence-electron chi connectivity index (χ0n) is 12.8. The van der Waals surface area contributed by atoms with Gasteiger partial charge in [0.25, 0.3) is 0 Å². The molecule has 22 heavy (non-hydrogen) atoms. The molecule has 0 saturated carbocycles. The summed E-state index contributed by atoms with van der Waals surface area (Å²) in [5, 5.41) is 13.2. The van der Waals surface area contributed by atoms with Crippen molar-refractivity contribution in [1.29, 1.82) is 0 Å². The van der Waals surface area contributed by atoms with Crippen LogP contribution in [0, 0.1) is 6.92 Å². The predicted molar refractivity (Wildman–Crippen MR) is 89.3 cm³/mol. The predicted octanol–water partition coefficient (Wildman–Crippen LogP) is 2.97. The van der Waals surface area contributed by atoms with Crippen molar-refractivity contribution in [1.82, 2.24) is 4.98 Å². The Labute approximate surface area is 131 Å². The second-order valence-corrected chi connectivity index (χ2v) is 5.13. The molecule has 4 heteroatoms. The molecule has 0 fully saturated rings. The molecule has 0 spiro atoms. The van der Waals surface area contributed by atoms with E-state index in [-0.39, 0.29) is 6.61 Å². The fourth-order valence-corrected chi connectivity index (χ4v) is 2.10. The number of aliphatic hydroxyl groups excluding tert-OH is 1. The van der Waals surface area contributed by atoms with Gasteiger partial charge in [0.05, 0.1) is 0 Å². The van der Waals surface area contributed by atoms with E-state index in [1.165, 1.54) is 0 Å². The van der Waals surface area contributed by atoms with Crippen LogP contribution in [-0.2, 0) is 6.42 Å². The Morgan fingerprint density at radius 1 is 1.36 bits per heavy atom. The first-order chi connectivity index (χ1) is 10.7. The van der Waals surface area contributed by atoms with Crippen molar-refractivity contribution in [2.45, 2.75) is 19.4 Å². The summed E-state index contributed by atoms with van der Waals surface area (Å²) in [6.45, 7) is 6.34. The lowest BCUT2D eigenvalue weighted by Gasteiger charge is -2.15. The van der Waals surface area contributed by atoms with Crippen LogP contribution < -0.4 is 10.1 Å². The number of nitrogens with zero attached hydrogens (tertiary/aromatic N) is 1. The summed E-state index contributed by atoms with van der Waals surface area (Å²) in [7, 11) is 0. The van der Waals surface area contributed by atoms with Gasteiger partial charge in [0.1, 0.15) is 18.5 Å². The molecule has 4 nitrogen and oxygen atoms in total. The van der Waals surface area contributed by atoms with Crippen molar-refractivity contribution in [3.63, 3.8) is 0 Å². The average molecular weight is 298 g/mol. The number of pyridine rings is 1. The van der Waals surface area contributed by atoms with Crippen LogP contribution in [0.4, 0.5) is 5.69 Å². The Balaban J connectivity index is 1.83. The number of aliphatic hydroxyl groups is 1. The number of allylic oxidation sites excluding steroid dienone is 1. The first kappa shape index (κ1) is 16.0. The summed E-state index contributed by atoms with van der Waals surface area (Å²) in [6.07, 6.45) is 3.74. The summed E-state index contributed by atoms with van der Waals surface area (Å²) in [6, 6.07) is 11.6. The van der Waals surface area contributed by atoms with E-state index in [0.717, 1.165) is 29.1 Å². The summed E-state index contributed by atoms with van der Waals surface area (Å²) < 4.78 is 5.71. The van der Waals surface area contributed by atoms with E-state index in [0.29, 0.717) is 6.54 Å². The number of ether oxygens (including phenoxy) is 1. The second-order valence-electron chi connectivity index (χ2n) is 5.13. The fraction of sp³-hybridized carbons (Fsp3) is 0.278. The molecule has 1 aromatic heterocycles. The maximum absolute atomic E-state index is 10.0. The summed E-state index contributed by atoms with van der Waals surface area (Å²) >= 11 is 0. The van der Waals surface area contributed by atoms with E-state index in [4.69, 9.17) is 4.74 Å². The van der Waals surface area contributed by atoms with Gasteiger partial charge in [0.15, 0.2) is 0 Å². The van der Waals surface area contributed by atoms with Crippen LogP contribution in [0.5, 0.6) is 5.75 Å². The molecule has 0 radical (unpaired) electrons. The van der Waals surface area contributed by atoms with Crippen LogP contribution in [0.25, 0.3) is 0 Å². The Morgan fingerprint density at radius 2 is 2.18 bits per heavy atom. The minimum Gasteiger partial charge on any atom is -0.491 e. The van der Waals surface area contributed by atoms with Gasteiger partial charge in [-0.15, -0.1) is 6.58 Å². The molecule has 2 rings (SSSR count). The lowest BCUT2D eigenvalue weighted by molar-refractivity contribution is 0.117. The summed E-state index contributed by atoms with van der Waals surface area (Å²) in [5.41, 5.74) is 2.95. The van der Waals surface area contributed by atoms with Crippen LogP contribution in [-0.4, -0.2) is 29.3 Å². The smallest absolute Gasteiger partial charge is 0.122 e. The third-order valence-corrected chi connectivity index (χ3v) is 3.21. The first-order valence-corrected chi connectivity index (χ1v) is 7.35. The maximum Gasteiger partial charge on any atom is 0.122 e. The number of para-hydroxylation sites is 1. The topological polar surface area (TPSA) is 54.4 Å². The minimum absolute atomic E-state index is 0.241. The summed E-state index contributed by atoms with van der Waals surface area (Å²) in [4.78, 5) is 4.13. The normalized spacial score (nSPS) is 11.7. The number of nitrogens with one attached hydrogen (secondary N) is 1. The molecule has 0 amide bonds. The van der Waals surface area contributed by atoms with Gasteiger partial charge in [-0.2, -0.15) is 0 Å². The highest BCUT2D eigenvalue weighted by molar-refractivity contribution is 5.43. The van der Waals surface area contributed by atoms with Crippen LogP contribution in [0.15, 0.2) is 55.3 Å². The highest BCUT2D eigenvalue weighted by atomic mass is 16.5. The van der Waals surface area contributed by atoms with Crippen LogP contribution in [0.1, 0.15) is 11.3 Å². The molecule has 0 bridgehead atoms. The monoisotopic (exact) mass is 298 g/mol. The van der Waals surface area contributed by atoms with Crippen molar-refractivity contribution in [2.75, 3.05) is 18.5 Å². The van der Waals surface area contributed by atoms with Crippen LogP contribution in [0.3, 0.4) is 0 Å². The lowest BCUT2D eigenvalue weighted by Crippen LogP contribution is -2.26. The fourth-order valence-electron chi connectivity index (χ4n) is 2.10. The molecule has 0 aliphatic carbocycles. The van der Waals surface area contributed by atoms with E-state index < -0.39 is 6.10 Å². The number of anilines is 1. The lowest BCUT2D eigenvalue weighted by atomic mass is 10.1. The number of rotatable bonds is 8. The van der Waals surface area contributed by atoms with E-state index in [1.54, 1.807) is 6.20 Å². The maximum atomic E-state index is 10.0. The number of aromatic nitrogens is 1. The van der Waals surface area contributed by atoms with E-state index in [1.807, 2.05) is 49.4 Å². The molecule has 2 aromatic rings. The summed E-state index contributed by atoms with van der Waals surface area (Å²) in [5.74, 6) is 0.793. The molecule has 0 aliphatic heterocycles. The van der Waals surface area contributed by atoms with Gasteiger partial charge in [0.2, 0.25) is 0 Å². The van der Waals surface area contributed by atoms with Gasteiger partial charge in [-0.3, -0.25) is 4.98 Å². The Bertz CT molecular complexity index is 614. The number of hydrogen-bond donors (Lipinski definition) is 2. The molecule has 116 valence electrons. The van der Waals surface area contributed by atoms with Crippen LogP contribution >= 0.6 is 0 Å². The average Bonchev–Trinajstić information content (AvgIpc) is 2.52. The minimum atomic E-state index is -0.592. The van der Waals surface area contributed by atoms with E-state index in [9.17, 15) is 5.11 Å². The molecular weight excluding hydrogens is 276 g/mol. The molecule has 0 aliphatic rings. The van der Waals surface area contributed by atoms with Gasteiger partial charge in [-0.1, -0.05) is 24.3 Å². The van der Waals surface area contributed by atoms with Gasteiger partial charge >= 0.3 is 0 Å². The molecule has 2 N–H and O–H groups in total. The van der Waals surface area contributed by atoms with Crippen molar-refractivity contribution in [2.24, 2.45) is 0 Å². The Hall–Kier alpha value is -2.33. The molecule has 1 unspecified atom stereocenters. The van der Waals surface area contributed by atoms with E-state index in [2.05, 4.69) is 16.9 Å². The highest BCUT2D eigenvalue weighted by Gasteiger charge is 2.07. The largest absolute Gasteiger partial charge is 0.491 e. The second kappa shape index (κ2) is 8.20. The Morgan fingerprint density at radius 3 is 2.95 bits per heavy atom. The zero-order valence-corrected chi connectivity index (χ0v) is 12.8. The third-order valence-electron chi connectivity index (χ3n) is 3.21. The highest BCUT2D eigenvalue weighted by Crippen LogP contribution is 2.19. The molecule has 0 saturated heterocycles. The molecule has 1 aromatic carbocycles. The van der Waals surface area contributed by atoms with Gasteiger partial charge in [-0.05, 0) is 37.1 Å². The van der Waals surface area contributed by atoms with Gasteiger partial charge in [-0.25, -0.2) is 0 Å². The molecule has 1 atom stereocenters. The zero-order chi connectivity index (χ0) is 15.8. The van der Waals surface area contributed by atoms with Gasteiger partial charge in [0, 0.05) is 24.1 Å². The number of aryl methyl sites for hydroxylation is 1. The van der Waals surface area contributed by atoms with Crippen LogP contribution in [0.2, 0.25) is 0 Å². The molecular formula is C18H22N2O2. The van der Waals surface area contributed by atoms with E-state index >= 15 is 0 Å². The number of hydrogen-bond acceptors (Lipinski definition) is 4. The van der Waals surface area contributed by atoms with Crippen molar-refractivity contribution in [3.8, 4) is 5.75 Å². The van der Waals surface area contributed by atoms with Crippen molar-refractivity contribution in [3.05, 3.63) is 66.5 Å². The molecule has 1 heterocycles.